The van der Waals surface area contributed by atoms with Gasteiger partial charge in [0.05, 0.1) is 6.42 Å². The number of rotatable bonds is 3. The van der Waals surface area contributed by atoms with Gasteiger partial charge in [-0.1, -0.05) is 35.9 Å². The highest BCUT2D eigenvalue weighted by atomic mass is 16.2. The van der Waals surface area contributed by atoms with Gasteiger partial charge in [-0.05, 0) is 31.2 Å². The van der Waals surface area contributed by atoms with Crippen LogP contribution in [0.5, 0.6) is 0 Å². The van der Waals surface area contributed by atoms with Crippen molar-refractivity contribution >= 4 is 29.1 Å². The molecule has 2 aliphatic heterocycles. The van der Waals surface area contributed by atoms with Crippen LogP contribution in [-0.4, -0.2) is 54.9 Å². The Morgan fingerprint density at radius 2 is 1.66 bits per heavy atom. The fourth-order valence-electron chi connectivity index (χ4n) is 3.57. The van der Waals surface area contributed by atoms with Crippen molar-refractivity contribution in [1.29, 1.82) is 0 Å². The van der Waals surface area contributed by atoms with Crippen molar-refractivity contribution in [1.82, 2.24) is 10.2 Å². The molecule has 1 saturated heterocycles. The topological polar surface area (TPSA) is 77.0 Å². The van der Waals surface area contributed by atoms with Crippen molar-refractivity contribution in [3.63, 3.8) is 0 Å². The Hall–Kier alpha value is -3.35. The number of aliphatic imine (C=N–C) groups is 1. The minimum absolute atomic E-state index is 0.0607. The standard InChI is InChI=1S/C22H25N5O2/c1-16-7-9-17(10-8-16)23-21(29)19-15-20(28)25-22(24-19)27-13-11-26(12-14-27)18-5-3-2-4-6-18/h2-10,19H,11-15H2,1H3,(H,23,29)(H,24,25,28)/t19-/m1/s1. The Kier molecular flexibility index (Phi) is 5.46. The van der Waals surface area contributed by atoms with E-state index in [1.165, 1.54) is 5.69 Å². The second kappa shape index (κ2) is 8.34. The predicted molar refractivity (Wildman–Crippen MR) is 114 cm³/mol. The first-order chi connectivity index (χ1) is 14.1. The fourth-order valence-corrected chi connectivity index (χ4v) is 3.57. The second-order valence-corrected chi connectivity index (χ2v) is 7.39. The van der Waals surface area contributed by atoms with Gasteiger partial charge in [0.25, 0.3) is 0 Å². The summed E-state index contributed by atoms with van der Waals surface area (Å²) >= 11 is 0. The number of piperazine rings is 1. The van der Waals surface area contributed by atoms with Gasteiger partial charge < -0.3 is 15.1 Å². The average molecular weight is 391 g/mol. The van der Waals surface area contributed by atoms with E-state index < -0.39 is 6.04 Å². The minimum Gasteiger partial charge on any atom is -0.368 e. The van der Waals surface area contributed by atoms with Crippen LogP contribution in [0.2, 0.25) is 0 Å². The van der Waals surface area contributed by atoms with E-state index in [-0.39, 0.29) is 18.2 Å². The van der Waals surface area contributed by atoms with Crippen LogP contribution in [0.25, 0.3) is 0 Å². The molecule has 2 heterocycles. The van der Waals surface area contributed by atoms with Crippen LogP contribution in [0.3, 0.4) is 0 Å². The first-order valence-electron chi connectivity index (χ1n) is 9.88. The zero-order valence-electron chi connectivity index (χ0n) is 16.5. The molecular formula is C22H25N5O2. The normalized spacial score (nSPS) is 19.4. The van der Waals surface area contributed by atoms with Gasteiger partial charge in [0.15, 0.2) is 0 Å². The first-order valence-corrected chi connectivity index (χ1v) is 9.88. The van der Waals surface area contributed by atoms with Gasteiger partial charge >= 0.3 is 0 Å². The third-order valence-corrected chi connectivity index (χ3v) is 5.23. The molecule has 7 nitrogen and oxygen atoms in total. The number of benzene rings is 2. The molecule has 29 heavy (non-hydrogen) atoms. The van der Waals surface area contributed by atoms with Crippen LogP contribution in [0.1, 0.15) is 12.0 Å². The number of para-hydroxylation sites is 1. The van der Waals surface area contributed by atoms with Crippen LogP contribution < -0.4 is 15.5 Å². The highest BCUT2D eigenvalue weighted by Gasteiger charge is 2.30. The van der Waals surface area contributed by atoms with Crippen molar-refractivity contribution in [2.24, 2.45) is 4.99 Å². The van der Waals surface area contributed by atoms with Crippen molar-refractivity contribution in [3.05, 3.63) is 60.2 Å². The molecule has 1 atom stereocenters. The van der Waals surface area contributed by atoms with E-state index in [1.807, 2.05) is 54.3 Å². The summed E-state index contributed by atoms with van der Waals surface area (Å²) in [5.41, 5.74) is 3.02. The van der Waals surface area contributed by atoms with Gasteiger partial charge in [0.1, 0.15) is 6.04 Å². The monoisotopic (exact) mass is 391 g/mol. The Morgan fingerprint density at radius 3 is 2.34 bits per heavy atom. The Labute approximate surface area is 170 Å². The molecule has 0 radical (unpaired) electrons. The molecule has 4 rings (SSSR count). The quantitative estimate of drug-likeness (QED) is 0.839. The van der Waals surface area contributed by atoms with Gasteiger partial charge in [-0.15, -0.1) is 0 Å². The number of anilines is 2. The SMILES string of the molecule is Cc1ccc(NC(=O)[C@H]2CC(=O)NC(N3CCN(c4ccccc4)CC3)=N2)cc1. The summed E-state index contributed by atoms with van der Waals surface area (Å²) in [6, 6.07) is 17.1. The van der Waals surface area contributed by atoms with Crippen molar-refractivity contribution in [2.45, 2.75) is 19.4 Å². The maximum atomic E-state index is 12.6. The molecule has 1 fully saturated rings. The molecule has 2 aromatic rings. The number of nitrogens with one attached hydrogen (secondary N) is 2. The summed E-state index contributed by atoms with van der Waals surface area (Å²) in [5, 5.41) is 5.69. The maximum Gasteiger partial charge on any atom is 0.249 e. The average Bonchev–Trinajstić information content (AvgIpc) is 2.75. The lowest BCUT2D eigenvalue weighted by atomic mass is 10.1. The number of hydrogen-bond acceptors (Lipinski definition) is 5. The van der Waals surface area contributed by atoms with E-state index in [2.05, 4.69) is 32.7 Å². The molecule has 0 aliphatic carbocycles. The molecule has 150 valence electrons. The van der Waals surface area contributed by atoms with Gasteiger partial charge in [-0.3, -0.25) is 14.9 Å². The number of amides is 2. The third-order valence-electron chi connectivity index (χ3n) is 5.23. The van der Waals surface area contributed by atoms with Gasteiger partial charge in [-0.2, -0.15) is 0 Å². The summed E-state index contributed by atoms with van der Waals surface area (Å²) in [6.45, 7) is 5.13. The predicted octanol–water partition coefficient (Wildman–Crippen LogP) is 2.00. The van der Waals surface area contributed by atoms with Crippen LogP contribution >= 0.6 is 0 Å². The number of carbonyl (C=O) groups is 2. The Balaban J connectivity index is 1.40. The van der Waals surface area contributed by atoms with E-state index in [9.17, 15) is 9.59 Å². The van der Waals surface area contributed by atoms with Crippen molar-refractivity contribution < 1.29 is 9.59 Å². The van der Waals surface area contributed by atoms with E-state index >= 15 is 0 Å². The van der Waals surface area contributed by atoms with Crippen molar-refractivity contribution in [3.8, 4) is 0 Å². The van der Waals surface area contributed by atoms with E-state index in [0.29, 0.717) is 11.6 Å². The van der Waals surface area contributed by atoms with Gasteiger partial charge in [-0.25, -0.2) is 4.99 Å². The number of carbonyl (C=O) groups excluding carboxylic acids is 2. The number of hydrogen-bond donors (Lipinski definition) is 2. The fraction of sp³-hybridized carbons (Fsp3) is 0.318. The lowest BCUT2D eigenvalue weighted by molar-refractivity contribution is -0.125. The van der Waals surface area contributed by atoms with Crippen LogP contribution in [0.4, 0.5) is 11.4 Å². The molecule has 0 aromatic heterocycles. The number of guanidine groups is 1. The Morgan fingerprint density at radius 1 is 1.00 bits per heavy atom. The summed E-state index contributed by atoms with van der Waals surface area (Å²) in [7, 11) is 0. The largest absolute Gasteiger partial charge is 0.368 e. The van der Waals surface area contributed by atoms with Crippen LogP contribution in [0.15, 0.2) is 59.6 Å². The summed E-state index contributed by atoms with van der Waals surface area (Å²) in [5.74, 6) is 0.0617. The summed E-state index contributed by atoms with van der Waals surface area (Å²) in [4.78, 5) is 33.7. The van der Waals surface area contributed by atoms with E-state index in [0.717, 1.165) is 31.7 Å². The molecule has 2 N–H and O–H groups in total. The molecule has 0 spiro atoms. The molecule has 2 aliphatic rings. The van der Waals surface area contributed by atoms with Crippen LogP contribution in [-0.2, 0) is 9.59 Å². The molecule has 7 heteroatoms. The molecule has 2 amide bonds. The van der Waals surface area contributed by atoms with Crippen LogP contribution in [0, 0.1) is 6.92 Å². The lowest BCUT2D eigenvalue weighted by Crippen LogP contribution is -2.56. The second-order valence-electron chi connectivity index (χ2n) is 7.39. The lowest BCUT2D eigenvalue weighted by Gasteiger charge is -2.38. The number of aryl methyl sites for hydroxylation is 1. The molecular weight excluding hydrogens is 366 g/mol. The summed E-state index contributed by atoms with van der Waals surface area (Å²) in [6.07, 6.45) is 0.0607. The smallest absolute Gasteiger partial charge is 0.249 e. The highest BCUT2D eigenvalue weighted by molar-refractivity contribution is 6.06. The Bertz CT molecular complexity index is 903. The van der Waals surface area contributed by atoms with Gasteiger partial charge in [0.2, 0.25) is 17.8 Å². The first kappa shape index (κ1) is 19.0. The summed E-state index contributed by atoms with van der Waals surface area (Å²) < 4.78 is 0. The minimum atomic E-state index is -0.716. The van der Waals surface area contributed by atoms with Crippen molar-refractivity contribution in [2.75, 3.05) is 36.4 Å². The van der Waals surface area contributed by atoms with E-state index in [4.69, 9.17) is 0 Å². The zero-order chi connectivity index (χ0) is 20.2. The molecule has 2 aromatic carbocycles. The van der Waals surface area contributed by atoms with E-state index in [1.54, 1.807) is 0 Å². The highest BCUT2D eigenvalue weighted by Crippen LogP contribution is 2.17. The number of nitrogens with zero attached hydrogens (tertiary/aromatic N) is 3. The zero-order valence-corrected chi connectivity index (χ0v) is 16.5. The molecule has 0 bridgehead atoms. The third kappa shape index (κ3) is 4.56. The molecule has 0 unspecified atom stereocenters. The van der Waals surface area contributed by atoms with Gasteiger partial charge in [0, 0.05) is 37.6 Å². The maximum absolute atomic E-state index is 12.6. The molecule has 0 saturated carbocycles.